The quantitative estimate of drug-likeness (QED) is 0.873. The van der Waals surface area contributed by atoms with Crippen LogP contribution in [0.3, 0.4) is 0 Å². The first-order valence-electron chi connectivity index (χ1n) is 6.65. The topological polar surface area (TPSA) is 69.6 Å². The molecular weight excluding hydrogens is 263 g/mol. The van der Waals surface area contributed by atoms with Crippen LogP contribution in [0.4, 0.5) is 14.9 Å². The van der Waals surface area contributed by atoms with E-state index in [0.717, 1.165) is 37.5 Å². The number of carboxylic acids is 1. The molecule has 6 heteroatoms. The second-order valence-corrected chi connectivity index (χ2v) is 5.41. The van der Waals surface area contributed by atoms with Gasteiger partial charge in [0.05, 0.1) is 11.3 Å². The third kappa shape index (κ3) is 2.21. The summed E-state index contributed by atoms with van der Waals surface area (Å²) in [7, 11) is 0. The number of piperidine rings is 1. The van der Waals surface area contributed by atoms with Crippen molar-refractivity contribution < 1.29 is 19.1 Å². The Morgan fingerprint density at radius 2 is 2.15 bits per heavy atom. The fourth-order valence-corrected chi connectivity index (χ4v) is 3.17. The number of hydrogen-bond acceptors (Lipinski definition) is 2. The SMILES string of the molecule is O=C(O)c1ccc(F)cc1NC(=O)N1CC2CCC1C2. The minimum absolute atomic E-state index is 0.00488. The second kappa shape index (κ2) is 4.77. The number of urea groups is 1. The molecule has 3 rings (SSSR count). The van der Waals surface area contributed by atoms with Gasteiger partial charge >= 0.3 is 12.0 Å². The van der Waals surface area contributed by atoms with Gasteiger partial charge < -0.3 is 15.3 Å². The predicted molar refractivity (Wildman–Crippen MR) is 70.2 cm³/mol. The first kappa shape index (κ1) is 12.9. The van der Waals surface area contributed by atoms with Crippen LogP contribution >= 0.6 is 0 Å². The Morgan fingerprint density at radius 3 is 2.75 bits per heavy atom. The second-order valence-electron chi connectivity index (χ2n) is 5.41. The van der Waals surface area contributed by atoms with Gasteiger partial charge in [0.15, 0.2) is 0 Å². The molecule has 5 nitrogen and oxygen atoms in total. The number of nitrogens with zero attached hydrogens (tertiary/aromatic N) is 1. The van der Waals surface area contributed by atoms with E-state index in [4.69, 9.17) is 5.11 Å². The smallest absolute Gasteiger partial charge is 0.337 e. The van der Waals surface area contributed by atoms with Crippen LogP contribution < -0.4 is 5.32 Å². The summed E-state index contributed by atoms with van der Waals surface area (Å²) in [5.74, 6) is -1.21. The molecular formula is C14H15FN2O3. The number of carboxylic acid groups (broad SMARTS) is 1. The van der Waals surface area contributed by atoms with Crippen LogP contribution in [0.15, 0.2) is 18.2 Å². The summed E-state index contributed by atoms with van der Waals surface area (Å²) < 4.78 is 13.2. The number of carbonyl (C=O) groups is 2. The standard InChI is InChI=1S/C14H15FN2O3/c15-9-2-4-11(13(18)19)12(6-9)16-14(20)17-7-8-1-3-10(17)5-8/h2,4,6,8,10H,1,3,5,7H2,(H,16,20)(H,18,19). The Kier molecular flexibility index (Phi) is 3.08. The first-order chi connectivity index (χ1) is 9.54. The molecule has 1 aliphatic carbocycles. The Bertz CT molecular complexity index is 576. The summed E-state index contributed by atoms with van der Waals surface area (Å²) in [6.07, 6.45) is 3.16. The number of fused-ring (bicyclic) bond motifs is 2. The molecule has 1 aromatic carbocycles. The molecule has 0 radical (unpaired) electrons. The van der Waals surface area contributed by atoms with Gasteiger partial charge in [0.2, 0.25) is 0 Å². The number of carbonyl (C=O) groups excluding carboxylic acids is 1. The molecule has 2 atom stereocenters. The molecule has 2 amide bonds. The van der Waals surface area contributed by atoms with Gasteiger partial charge in [-0.15, -0.1) is 0 Å². The lowest BCUT2D eigenvalue weighted by atomic mass is 10.1. The lowest BCUT2D eigenvalue weighted by molar-refractivity contribution is 0.0698. The molecule has 106 valence electrons. The van der Waals surface area contributed by atoms with Crippen molar-refractivity contribution in [3.05, 3.63) is 29.6 Å². The molecule has 2 N–H and O–H groups in total. The van der Waals surface area contributed by atoms with Crippen LogP contribution in [0, 0.1) is 11.7 Å². The van der Waals surface area contributed by atoms with Crippen LogP contribution in [0.1, 0.15) is 29.6 Å². The van der Waals surface area contributed by atoms with Gasteiger partial charge in [0, 0.05) is 12.6 Å². The molecule has 2 fully saturated rings. The lowest BCUT2D eigenvalue weighted by Gasteiger charge is -2.27. The number of anilines is 1. The van der Waals surface area contributed by atoms with Crippen LogP contribution in [0.5, 0.6) is 0 Å². The average molecular weight is 278 g/mol. The molecule has 0 aromatic heterocycles. The van der Waals surface area contributed by atoms with E-state index in [1.807, 2.05) is 0 Å². The molecule has 1 heterocycles. The van der Waals surface area contributed by atoms with Crippen LogP contribution in [0.2, 0.25) is 0 Å². The van der Waals surface area contributed by atoms with E-state index in [1.165, 1.54) is 0 Å². The number of rotatable bonds is 2. The van der Waals surface area contributed by atoms with E-state index < -0.39 is 11.8 Å². The molecule has 1 saturated heterocycles. The van der Waals surface area contributed by atoms with Crippen molar-refractivity contribution >= 4 is 17.7 Å². The average Bonchev–Trinajstić information content (AvgIpc) is 3.00. The van der Waals surface area contributed by atoms with Gasteiger partial charge in [0.1, 0.15) is 5.82 Å². The highest BCUT2D eigenvalue weighted by atomic mass is 19.1. The molecule has 2 aliphatic rings. The monoisotopic (exact) mass is 278 g/mol. The Labute approximate surface area is 115 Å². The fraction of sp³-hybridized carbons (Fsp3) is 0.429. The van der Waals surface area contributed by atoms with Crippen LogP contribution in [-0.2, 0) is 0 Å². The number of benzene rings is 1. The number of amides is 2. The Balaban J connectivity index is 1.79. The van der Waals surface area contributed by atoms with Crippen molar-refractivity contribution in [1.82, 2.24) is 4.90 Å². The summed E-state index contributed by atoms with van der Waals surface area (Å²) in [5.41, 5.74) is -0.102. The molecule has 20 heavy (non-hydrogen) atoms. The van der Waals surface area contributed by atoms with E-state index in [0.29, 0.717) is 12.5 Å². The van der Waals surface area contributed by atoms with Gasteiger partial charge in [-0.3, -0.25) is 0 Å². The zero-order valence-electron chi connectivity index (χ0n) is 10.8. The van der Waals surface area contributed by atoms with Crippen molar-refractivity contribution in [2.75, 3.05) is 11.9 Å². The number of halogens is 1. The summed E-state index contributed by atoms with van der Waals surface area (Å²) in [6, 6.07) is 3.16. The van der Waals surface area contributed by atoms with E-state index in [1.54, 1.807) is 4.90 Å². The minimum atomic E-state index is -1.19. The van der Waals surface area contributed by atoms with Crippen LogP contribution in [0.25, 0.3) is 0 Å². The normalized spacial score (nSPS) is 23.9. The maximum absolute atomic E-state index is 13.2. The largest absolute Gasteiger partial charge is 0.478 e. The van der Waals surface area contributed by atoms with Crippen molar-refractivity contribution in [3.8, 4) is 0 Å². The lowest BCUT2D eigenvalue weighted by Crippen LogP contribution is -2.40. The number of hydrogen-bond donors (Lipinski definition) is 2. The number of likely N-dealkylation sites (tertiary alicyclic amines) is 1. The molecule has 1 aliphatic heterocycles. The third-order valence-corrected chi connectivity index (χ3v) is 4.12. The highest BCUT2D eigenvalue weighted by Crippen LogP contribution is 2.37. The van der Waals surface area contributed by atoms with Gasteiger partial charge in [-0.05, 0) is 43.4 Å². The molecule has 1 saturated carbocycles. The summed E-state index contributed by atoms with van der Waals surface area (Å²) in [5, 5.41) is 11.6. The van der Waals surface area contributed by atoms with Crippen molar-refractivity contribution in [1.29, 1.82) is 0 Å². The molecule has 0 spiro atoms. The summed E-state index contributed by atoms with van der Waals surface area (Å²) >= 11 is 0. The minimum Gasteiger partial charge on any atom is -0.478 e. The van der Waals surface area contributed by atoms with Gasteiger partial charge in [-0.1, -0.05) is 0 Å². The fourth-order valence-electron chi connectivity index (χ4n) is 3.17. The third-order valence-electron chi connectivity index (χ3n) is 4.12. The van der Waals surface area contributed by atoms with Crippen molar-refractivity contribution in [2.24, 2.45) is 5.92 Å². The highest BCUT2D eigenvalue weighted by molar-refractivity contribution is 6.00. The Hall–Kier alpha value is -2.11. The van der Waals surface area contributed by atoms with E-state index >= 15 is 0 Å². The summed E-state index contributed by atoms with van der Waals surface area (Å²) in [4.78, 5) is 25.0. The van der Waals surface area contributed by atoms with E-state index in [2.05, 4.69) is 5.32 Å². The molecule has 2 unspecified atom stereocenters. The van der Waals surface area contributed by atoms with Gasteiger partial charge in [0.25, 0.3) is 0 Å². The van der Waals surface area contributed by atoms with Crippen LogP contribution in [-0.4, -0.2) is 34.6 Å². The van der Waals surface area contributed by atoms with Gasteiger partial charge in [-0.25, -0.2) is 14.0 Å². The molecule has 2 bridgehead atoms. The number of aromatic carboxylic acids is 1. The van der Waals surface area contributed by atoms with Crippen molar-refractivity contribution in [3.63, 3.8) is 0 Å². The molecule has 1 aromatic rings. The maximum atomic E-state index is 13.2. The van der Waals surface area contributed by atoms with E-state index in [9.17, 15) is 14.0 Å². The Morgan fingerprint density at radius 1 is 1.35 bits per heavy atom. The maximum Gasteiger partial charge on any atom is 0.337 e. The number of nitrogens with one attached hydrogen (secondary N) is 1. The highest BCUT2D eigenvalue weighted by Gasteiger charge is 2.40. The predicted octanol–water partition coefficient (Wildman–Crippen LogP) is 2.54. The zero-order valence-corrected chi connectivity index (χ0v) is 10.8. The van der Waals surface area contributed by atoms with Gasteiger partial charge in [-0.2, -0.15) is 0 Å². The van der Waals surface area contributed by atoms with Crippen molar-refractivity contribution in [2.45, 2.75) is 25.3 Å². The first-order valence-corrected chi connectivity index (χ1v) is 6.65. The van der Waals surface area contributed by atoms with E-state index in [-0.39, 0.29) is 23.3 Å². The zero-order chi connectivity index (χ0) is 14.3. The summed E-state index contributed by atoms with van der Waals surface area (Å²) in [6.45, 7) is 0.703.